The molecule has 2 N–H and O–H groups in total. The third-order valence-corrected chi connectivity index (χ3v) is 4.41. The van der Waals surface area contributed by atoms with Gasteiger partial charge in [0.05, 0.1) is 7.11 Å². The van der Waals surface area contributed by atoms with Gasteiger partial charge in [0.1, 0.15) is 5.75 Å². The average Bonchev–Trinajstić information content (AvgIpc) is 3.06. The maximum Gasteiger partial charge on any atom is 0.218 e. The van der Waals surface area contributed by atoms with E-state index in [1.54, 1.807) is 19.5 Å². The number of benzene rings is 1. The van der Waals surface area contributed by atoms with Crippen molar-refractivity contribution in [2.24, 2.45) is 5.73 Å². The smallest absolute Gasteiger partial charge is 0.218 e. The van der Waals surface area contributed by atoms with Crippen LogP contribution in [0.15, 0.2) is 53.9 Å². The van der Waals surface area contributed by atoms with E-state index in [1.165, 1.54) is 11.8 Å². The fourth-order valence-electron chi connectivity index (χ4n) is 2.26. The standard InChI is InChI=1S/C17H17N5O2S/c1-24-14-4-2-13(3-5-14)22-16(12-6-9-19-10-7-12)20-21-17(22)25-11-8-15(18)23/h2-7,9-10H,8,11H2,1H3,(H2,18,23). The molecule has 0 aliphatic rings. The molecule has 0 fully saturated rings. The number of carbonyl (C=O) groups excluding carboxylic acids is 1. The minimum Gasteiger partial charge on any atom is -0.497 e. The van der Waals surface area contributed by atoms with E-state index in [9.17, 15) is 4.79 Å². The van der Waals surface area contributed by atoms with Crippen molar-refractivity contribution in [3.63, 3.8) is 0 Å². The summed E-state index contributed by atoms with van der Waals surface area (Å²) in [5, 5.41) is 9.29. The fraction of sp³-hybridized carbons (Fsp3) is 0.176. The zero-order chi connectivity index (χ0) is 17.6. The van der Waals surface area contributed by atoms with E-state index in [0.717, 1.165) is 17.0 Å². The predicted octanol–water partition coefficient (Wildman–Crippen LogP) is 2.31. The number of nitrogens with two attached hydrogens (primary N) is 1. The molecule has 0 atom stereocenters. The summed E-state index contributed by atoms with van der Waals surface area (Å²) in [6, 6.07) is 11.4. The van der Waals surface area contributed by atoms with Gasteiger partial charge in [0.2, 0.25) is 5.91 Å². The molecule has 0 unspecified atom stereocenters. The van der Waals surface area contributed by atoms with Gasteiger partial charge in [-0.2, -0.15) is 0 Å². The fourth-order valence-corrected chi connectivity index (χ4v) is 3.16. The number of thioether (sulfide) groups is 1. The first-order chi connectivity index (χ1) is 12.2. The predicted molar refractivity (Wildman–Crippen MR) is 95.7 cm³/mol. The molecule has 3 aromatic rings. The first-order valence-corrected chi connectivity index (χ1v) is 8.59. The van der Waals surface area contributed by atoms with Crippen LogP contribution in [0.2, 0.25) is 0 Å². The lowest BCUT2D eigenvalue weighted by Gasteiger charge is -2.11. The van der Waals surface area contributed by atoms with Gasteiger partial charge >= 0.3 is 0 Å². The topological polar surface area (TPSA) is 95.9 Å². The van der Waals surface area contributed by atoms with Crippen molar-refractivity contribution in [2.45, 2.75) is 11.6 Å². The number of amides is 1. The van der Waals surface area contributed by atoms with Crippen LogP contribution in [0.5, 0.6) is 5.75 Å². The number of rotatable bonds is 7. The molecule has 0 saturated heterocycles. The van der Waals surface area contributed by atoms with E-state index in [-0.39, 0.29) is 12.3 Å². The Kier molecular flexibility index (Phi) is 5.30. The molecule has 0 aliphatic carbocycles. The van der Waals surface area contributed by atoms with Gasteiger partial charge in [-0.25, -0.2) is 0 Å². The lowest BCUT2D eigenvalue weighted by Crippen LogP contribution is -2.11. The van der Waals surface area contributed by atoms with E-state index in [1.807, 2.05) is 41.0 Å². The van der Waals surface area contributed by atoms with Crippen LogP contribution in [0.4, 0.5) is 0 Å². The number of methoxy groups -OCH3 is 1. The Bertz CT molecular complexity index is 849. The second-order valence-corrected chi connectivity index (χ2v) is 6.20. The molecular weight excluding hydrogens is 338 g/mol. The van der Waals surface area contributed by atoms with Gasteiger partial charge in [0.25, 0.3) is 0 Å². The van der Waals surface area contributed by atoms with Crippen LogP contribution in [0.1, 0.15) is 6.42 Å². The maximum absolute atomic E-state index is 11.0. The van der Waals surface area contributed by atoms with Crippen LogP contribution in [-0.2, 0) is 4.79 Å². The summed E-state index contributed by atoms with van der Waals surface area (Å²) in [5.41, 5.74) is 7.02. The highest BCUT2D eigenvalue weighted by Gasteiger charge is 2.16. The summed E-state index contributed by atoms with van der Waals surface area (Å²) in [6.07, 6.45) is 3.70. The van der Waals surface area contributed by atoms with Crippen molar-refractivity contribution in [1.82, 2.24) is 19.7 Å². The number of hydrogen-bond donors (Lipinski definition) is 1. The van der Waals surface area contributed by atoms with E-state index < -0.39 is 0 Å². The van der Waals surface area contributed by atoms with Crippen LogP contribution >= 0.6 is 11.8 Å². The van der Waals surface area contributed by atoms with Crippen LogP contribution in [-0.4, -0.2) is 38.5 Å². The molecule has 0 saturated carbocycles. The van der Waals surface area contributed by atoms with Crippen molar-refractivity contribution in [2.75, 3.05) is 12.9 Å². The molecule has 8 heteroatoms. The summed E-state index contributed by atoms with van der Waals surface area (Å²) in [5.74, 6) is 1.68. The van der Waals surface area contributed by atoms with Crippen LogP contribution in [0, 0.1) is 0 Å². The minimum absolute atomic E-state index is 0.282. The number of carbonyl (C=O) groups is 1. The monoisotopic (exact) mass is 355 g/mol. The maximum atomic E-state index is 11.0. The lowest BCUT2D eigenvalue weighted by molar-refractivity contribution is -0.117. The Morgan fingerprint density at radius 1 is 1.16 bits per heavy atom. The summed E-state index contributed by atoms with van der Waals surface area (Å²) in [7, 11) is 1.63. The first-order valence-electron chi connectivity index (χ1n) is 7.60. The molecule has 2 heterocycles. The van der Waals surface area contributed by atoms with E-state index in [2.05, 4.69) is 15.2 Å². The van der Waals surface area contributed by atoms with Gasteiger partial charge in [-0.1, -0.05) is 11.8 Å². The van der Waals surface area contributed by atoms with Gasteiger partial charge < -0.3 is 10.5 Å². The average molecular weight is 355 g/mol. The molecule has 0 aliphatic heterocycles. The molecule has 0 spiro atoms. The Hall–Kier alpha value is -2.87. The zero-order valence-electron chi connectivity index (χ0n) is 13.6. The molecular formula is C17H17N5O2S. The number of ether oxygens (including phenoxy) is 1. The van der Waals surface area contributed by atoms with Crippen molar-refractivity contribution >= 4 is 17.7 Å². The Morgan fingerprint density at radius 2 is 1.88 bits per heavy atom. The third-order valence-electron chi connectivity index (χ3n) is 3.48. The molecule has 1 aromatic carbocycles. The molecule has 1 amide bonds. The molecule has 7 nitrogen and oxygen atoms in total. The van der Waals surface area contributed by atoms with Gasteiger partial charge in [0.15, 0.2) is 11.0 Å². The van der Waals surface area contributed by atoms with E-state index in [4.69, 9.17) is 10.5 Å². The second-order valence-electron chi connectivity index (χ2n) is 5.14. The van der Waals surface area contributed by atoms with Crippen molar-refractivity contribution in [3.05, 3.63) is 48.8 Å². The number of nitrogens with zero attached hydrogens (tertiary/aromatic N) is 4. The quantitative estimate of drug-likeness (QED) is 0.653. The van der Waals surface area contributed by atoms with Crippen molar-refractivity contribution in [3.8, 4) is 22.8 Å². The summed E-state index contributed by atoms with van der Waals surface area (Å²) < 4.78 is 7.16. The number of pyridine rings is 1. The molecule has 3 rings (SSSR count). The molecule has 0 radical (unpaired) electrons. The van der Waals surface area contributed by atoms with E-state index >= 15 is 0 Å². The van der Waals surface area contributed by atoms with Crippen LogP contribution in [0.25, 0.3) is 17.1 Å². The van der Waals surface area contributed by atoms with Gasteiger partial charge in [-0.15, -0.1) is 10.2 Å². The van der Waals surface area contributed by atoms with Crippen molar-refractivity contribution in [1.29, 1.82) is 0 Å². The largest absolute Gasteiger partial charge is 0.497 e. The third kappa shape index (κ3) is 3.97. The minimum atomic E-state index is -0.336. The van der Waals surface area contributed by atoms with Gasteiger partial charge in [-0.3, -0.25) is 14.3 Å². The molecule has 2 aromatic heterocycles. The first kappa shape index (κ1) is 17.0. The van der Waals surface area contributed by atoms with Crippen LogP contribution in [0.3, 0.4) is 0 Å². The molecule has 128 valence electrons. The van der Waals surface area contributed by atoms with E-state index in [0.29, 0.717) is 16.7 Å². The highest BCUT2D eigenvalue weighted by Crippen LogP contribution is 2.28. The lowest BCUT2D eigenvalue weighted by atomic mass is 10.2. The Morgan fingerprint density at radius 3 is 2.52 bits per heavy atom. The molecule has 0 bridgehead atoms. The SMILES string of the molecule is COc1ccc(-n2c(SCCC(N)=O)nnc2-c2ccncc2)cc1. The van der Waals surface area contributed by atoms with Crippen molar-refractivity contribution < 1.29 is 9.53 Å². The van der Waals surface area contributed by atoms with Gasteiger partial charge in [0, 0.05) is 35.8 Å². The van der Waals surface area contributed by atoms with Gasteiger partial charge in [-0.05, 0) is 36.4 Å². The highest BCUT2D eigenvalue weighted by atomic mass is 32.2. The van der Waals surface area contributed by atoms with Crippen LogP contribution < -0.4 is 10.5 Å². The second kappa shape index (κ2) is 7.80. The number of hydrogen-bond acceptors (Lipinski definition) is 6. The summed E-state index contributed by atoms with van der Waals surface area (Å²) >= 11 is 1.44. The Balaban J connectivity index is 2.01. The number of aromatic nitrogens is 4. The summed E-state index contributed by atoms with van der Waals surface area (Å²) in [6.45, 7) is 0. The number of primary amides is 1. The Labute approximate surface area is 149 Å². The normalized spacial score (nSPS) is 10.6. The zero-order valence-corrected chi connectivity index (χ0v) is 14.4. The summed E-state index contributed by atoms with van der Waals surface area (Å²) in [4.78, 5) is 15.0. The molecule has 25 heavy (non-hydrogen) atoms. The highest BCUT2D eigenvalue weighted by molar-refractivity contribution is 7.99.